The molecule has 50 heavy (non-hydrogen) atoms. The van der Waals surface area contributed by atoms with Crippen LogP contribution < -0.4 is 5.32 Å². The van der Waals surface area contributed by atoms with Gasteiger partial charge in [0.1, 0.15) is 0 Å². The van der Waals surface area contributed by atoms with E-state index in [-0.39, 0.29) is 0 Å². The van der Waals surface area contributed by atoms with Gasteiger partial charge in [-0.1, -0.05) is 283 Å². The summed E-state index contributed by atoms with van der Waals surface area (Å²) in [6, 6.07) is 0. The molecule has 0 spiro atoms. The molecule has 0 bridgehead atoms. The van der Waals surface area contributed by atoms with Crippen LogP contribution in [0.1, 0.15) is 289 Å². The fourth-order valence-corrected chi connectivity index (χ4v) is 7.82. The summed E-state index contributed by atoms with van der Waals surface area (Å²) in [6.45, 7) is 2.91. The summed E-state index contributed by atoms with van der Waals surface area (Å²) < 4.78 is 0. The van der Waals surface area contributed by atoms with Crippen LogP contribution in [0.15, 0.2) is 0 Å². The number of amides is 1. The van der Waals surface area contributed by atoms with Crippen molar-refractivity contribution in [2.45, 2.75) is 289 Å². The molecule has 0 fully saturated rings. The number of unbranched alkanes of at least 4 members (excludes halogenated alkanes) is 43. The molecule has 0 aliphatic carbocycles. The van der Waals surface area contributed by atoms with E-state index in [4.69, 9.17) is 5.11 Å². The first kappa shape index (κ1) is 49.3. The first-order chi connectivity index (χ1) is 24.8. The quantitative estimate of drug-likeness (QED) is 0.0620. The first-order valence-corrected chi connectivity index (χ1v) is 23.7. The van der Waals surface area contributed by atoms with Crippen LogP contribution in [0.4, 0.5) is 4.79 Å². The van der Waals surface area contributed by atoms with Gasteiger partial charge in [-0.3, -0.25) is 0 Å². The Hall–Kier alpha value is -0.730. The fraction of sp³-hybridized carbons (Fsp3) is 0.979. The van der Waals surface area contributed by atoms with Gasteiger partial charge in [0.05, 0.1) is 0 Å². The standard InChI is InChI=1S/C47H95NO2/c1-2-3-4-5-6-7-8-9-10-11-12-13-14-15-16-17-18-19-20-21-22-23-24-25-26-27-28-29-30-31-32-33-34-35-36-37-38-39-40-41-42-43-44-45-46-48-47(49)50/h48H,2-46H2,1H3,(H,49,50). The molecule has 0 aromatic rings. The van der Waals surface area contributed by atoms with Gasteiger partial charge in [0.15, 0.2) is 0 Å². The van der Waals surface area contributed by atoms with Crippen LogP contribution in [-0.4, -0.2) is 17.7 Å². The van der Waals surface area contributed by atoms with E-state index in [1.165, 1.54) is 270 Å². The van der Waals surface area contributed by atoms with Crippen molar-refractivity contribution in [2.24, 2.45) is 0 Å². The van der Waals surface area contributed by atoms with E-state index >= 15 is 0 Å². The Balaban J connectivity index is 3.05. The lowest BCUT2D eigenvalue weighted by atomic mass is 10.0. The van der Waals surface area contributed by atoms with Crippen LogP contribution in [0.5, 0.6) is 0 Å². The molecular formula is C47H95NO2. The molecule has 0 aliphatic heterocycles. The Bertz CT molecular complexity index is 608. The van der Waals surface area contributed by atoms with E-state index in [1.807, 2.05) is 0 Å². The van der Waals surface area contributed by atoms with Crippen molar-refractivity contribution in [1.29, 1.82) is 0 Å². The Morgan fingerprint density at radius 1 is 0.280 bits per heavy atom. The maximum absolute atomic E-state index is 10.4. The number of carbonyl (C=O) groups is 1. The highest BCUT2D eigenvalue weighted by atomic mass is 16.4. The van der Waals surface area contributed by atoms with Gasteiger partial charge in [-0.15, -0.1) is 0 Å². The zero-order valence-corrected chi connectivity index (χ0v) is 34.7. The van der Waals surface area contributed by atoms with E-state index in [1.54, 1.807) is 0 Å². The lowest BCUT2D eigenvalue weighted by Crippen LogP contribution is -2.21. The van der Waals surface area contributed by atoms with Gasteiger partial charge in [0.2, 0.25) is 0 Å². The number of carboxylic acid groups (broad SMARTS) is 1. The summed E-state index contributed by atoms with van der Waals surface area (Å²) in [5.41, 5.74) is 0. The Morgan fingerprint density at radius 3 is 0.560 bits per heavy atom. The highest BCUT2D eigenvalue weighted by Gasteiger charge is 1.99. The third-order valence-corrected chi connectivity index (χ3v) is 11.3. The molecule has 0 atom stereocenters. The van der Waals surface area contributed by atoms with Crippen LogP contribution in [0.2, 0.25) is 0 Å². The molecule has 0 aromatic heterocycles. The zero-order valence-electron chi connectivity index (χ0n) is 34.7. The highest BCUT2D eigenvalue weighted by molar-refractivity contribution is 5.64. The van der Waals surface area contributed by atoms with Gasteiger partial charge in [-0.05, 0) is 6.42 Å². The van der Waals surface area contributed by atoms with Gasteiger partial charge in [-0.25, -0.2) is 4.79 Å². The van der Waals surface area contributed by atoms with Crippen molar-refractivity contribution in [1.82, 2.24) is 5.32 Å². The summed E-state index contributed by atoms with van der Waals surface area (Å²) in [4.78, 5) is 10.4. The van der Waals surface area contributed by atoms with Gasteiger partial charge >= 0.3 is 6.09 Å². The topological polar surface area (TPSA) is 49.3 Å². The van der Waals surface area contributed by atoms with Gasteiger partial charge in [0.25, 0.3) is 0 Å². The molecule has 3 nitrogen and oxygen atoms in total. The fourth-order valence-electron chi connectivity index (χ4n) is 7.82. The first-order valence-electron chi connectivity index (χ1n) is 23.7. The molecule has 0 aromatic carbocycles. The van der Waals surface area contributed by atoms with Gasteiger partial charge < -0.3 is 10.4 Å². The second-order valence-corrected chi connectivity index (χ2v) is 16.4. The average Bonchev–Trinajstić information content (AvgIpc) is 3.11. The maximum Gasteiger partial charge on any atom is 0.404 e. The molecule has 0 unspecified atom stereocenters. The minimum absolute atomic E-state index is 0.606. The molecule has 0 saturated carbocycles. The zero-order chi connectivity index (χ0) is 36.1. The average molecular weight is 706 g/mol. The lowest BCUT2D eigenvalue weighted by Gasteiger charge is -2.05. The van der Waals surface area contributed by atoms with Crippen LogP contribution in [0.25, 0.3) is 0 Å². The smallest absolute Gasteiger partial charge is 0.404 e. The summed E-state index contributed by atoms with van der Waals surface area (Å²) in [5.74, 6) is 0. The Morgan fingerprint density at radius 2 is 0.420 bits per heavy atom. The largest absolute Gasteiger partial charge is 0.465 e. The maximum atomic E-state index is 10.4. The van der Waals surface area contributed by atoms with Crippen LogP contribution >= 0.6 is 0 Å². The van der Waals surface area contributed by atoms with Crippen molar-refractivity contribution < 1.29 is 9.90 Å². The molecule has 0 rings (SSSR count). The summed E-state index contributed by atoms with van der Waals surface area (Å²) in [7, 11) is 0. The lowest BCUT2D eigenvalue weighted by molar-refractivity contribution is 0.194. The summed E-state index contributed by atoms with van der Waals surface area (Å²) >= 11 is 0. The number of nitrogens with one attached hydrogen (secondary N) is 1. The van der Waals surface area contributed by atoms with E-state index in [9.17, 15) is 4.79 Å². The van der Waals surface area contributed by atoms with Crippen LogP contribution in [-0.2, 0) is 0 Å². The Labute approximate surface area is 316 Å². The number of hydrogen-bond acceptors (Lipinski definition) is 1. The predicted octanol–water partition coefficient (Wildman–Crippen LogP) is 17.4. The van der Waals surface area contributed by atoms with Crippen molar-refractivity contribution in [2.75, 3.05) is 6.54 Å². The number of hydrogen-bond donors (Lipinski definition) is 2. The van der Waals surface area contributed by atoms with E-state index in [2.05, 4.69) is 12.2 Å². The van der Waals surface area contributed by atoms with Crippen LogP contribution in [0, 0.1) is 0 Å². The second kappa shape index (κ2) is 46.3. The second-order valence-electron chi connectivity index (χ2n) is 16.4. The minimum atomic E-state index is -0.896. The van der Waals surface area contributed by atoms with E-state index in [0.29, 0.717) is 6.54 Å². The molecule has 3 heteroatoms. The van der Waals surface area contributed by atoms with E-state index in [0.717, 1.165) is 12.8 Å². The Kier molecular flexibility index (Phi) is 45.6. The highest BCUT2D eigenvalue weighted by Crippen LogP contribution is 2.18. The molecule has 0 radical (unpaired) electrons. The van der Waals surface area contributed by atoms with Gasteiger partial charge in [0, 0.05) is 6.54 Å². The third kappa shape index (κ3) is 47.3. The summed E-state index contributed by atoms with van der Waals surface area (Å²) in [6.07, 6.45) is 62.4. The van der Waals surface area contributed by atoms with Crippen molar-refractivity contribution >= 4 is 6.09 Å². The van der Waals surface area contributed by atoms with Gasteiger partial charge in [-0.2, -0.15) is 0 Å². The molecule has 0 aliphatic rings. The number of rotatable bonds is 45. The van der Waals surface area contributed by atoms with Crippen molar-refractivity contribution in [3.63, 3.8) is 0 Å². The normalized spacial score (nSPS) is 11.5. The minimum Gasteiger partial charge on any atom is -0.465 e. The van der Waals surface area contributed by atoms with Crippen LogP contribution in [0.3, 0.4) is 0 Å². The molecule has 0 heterocycles. The monoisotopic (exact) mass is 706 g/mol. The summed E-state index contributed by atoms with van der Waals surface area (Å²) in [5, 5.41) is 11.0. The van der Waals surface area contributed by atoms with Crippen molar-refractivity contribution in [3.8, 4) is 0 Å². The molecule has 0 saturated heterocycles. The molecular weight excluding hydrogens is 611 g/mol. The molecule has 1 amide bonds. The van der Waals surface area contributed by atoms with E-state index < -0.39 is 6.09 Å². The van der Waals surface area contributed by atoms with Crippen molar-refractivity contribution in [3.05, 3.63) is 0 Å². The third-order valence-electron chi connectivity index (χ3n) is 11.3. The predicted molar refractivity (Wildman–Crippen MR) is 225 cm³/mol. The molecule has 300 valence electrons. The SMILES string of the molecule is CCCCCCCCCCCCCCCCCCCCCCCCCCCCCCCCCCCCCCCCCCCCCCNC(=O)O. The molecule has 2 N–H and O–H groups in total.